The van der Waals surface area contributed by atoms with Crippen LogP contribution in [0, 0.1) is 11.3 Å². The van der Waals surface area contributed by atoms with E-state index in [1.807, 2.05) is 60.8 Å². The maximum Gasteiger partial charge on any atom is 0.259 e. The highest BCUT2D eigenvalue weighted by Crippen LogP contribution is 2.45. The number of carbonyl (C=O) groups is 1. The Hall–Kier alpha value is -2.43. The number of hydrogen-bond donors (Lipinski definition) is 1. The summed E-state index contributed by atoms with van der Waals surface area (Å²) in [7, 11) is 0. The molecule has 4 rings (SSSR count). The maximum absolute atomic E-state index is 13.3. The topological polar surface area (TPSA) is 41.5 Å². The number of para-hydroxylation sites is 1. The second-order valence-corrected chi connectivity index (χ2v) is 10.6. The van der Waals surface area contributed by atoms with Crippen LogP contribution in [0.3, 0.4) is 0 Å². The zero-order valence-corrected chi connectivity index (χ0v) is 19.7. The molecule has 0 saturated heterocycles. The third kappa shape index (κ3) is 5.08. The average Bonchev–Trinajstić information content (AvgIpc) is 3.11. The van der Waals surface area contributed by atoms with Crippen LogP contribution in [-0.4, -0.2) is 12.1 Å². The van der Waals surface area contributed by atoms with Crippen LogP contribution in [0.25, 0.3) is 0 Å². The van der Waals surface area contributed by atoms with Crippen molar-refractivity contribution in [2.24, 2.45) is 16.3 Å². The molecule has 3 aromatic rings. The molecule has 1 amide bonds. The highest BCUT2D eigenvalue weighted by molar-refractivity contribution is 7.16. The number of hydrogen-bond acceptors (Lipinski definition) is 3. The second kappa shape index (κ2) is 8.97. The van der Waals surface area contributed by atoms with E-state index in [0.717, 1.165) is 41.1 Å². The van der Waals surface area contributed by atoms with Gasteiger partial charge in [-0.05, 0) is 66.0 Å². The molecule has 5 heteroatoms. The lowest BCUT2D eigenvalue weighted by atomic mass is 9.72. The lowest BCUT2D eigenvalue weighted by molar-refractivity contribution is 0.102. The molecule has 0 bridgehead atoms. The van der Waals surface area contributed by atoms with E-state index in [4.69, 9.17) is 16.6 Å². The summed E-state index contributed by atoms with van der Waals surface area (Å²) in [4.78, 5) is 19.4. The Labute approximate surface area is 193 Å². The third-order valence-electron chi connectivity index (χ3n) is 5.93. The summed E-state index contributed by atoms with van der Waals surface area (Å²) < 4.78 is 0. The Morgan fingerprint density at radius 1 is 1.13 bits per heavy atom. The van der Waals surface area contributed by atoms with Crippen LogP contribution in [0.1, 0.15) is 53.6 Å². The fraction of sp³-hybridized carbons (Fsp3) is 0.308. The molecule has 1 N–H and O–H groups in total. The van der Waals surface area contributed by atoms with Crippen LogP contribution in [0.4, 0.5) is 10.7 Å². The third-order valence-corrected chi connectivity index (χ3v) is 7.35. The molecular formula is C26H27ClN2OS. The zero-order chi connectivity index (χ0) is 22.0. The molecule has 0 saturated carbocycles. The van der Waals surface area contributed by atoms with Crippen LogP contribution in [0.5, 0.6) is 0 Å². The van der Waals surface area contributed by atoms with Crippen LogP contribution >= 0.6 is 22.9 Å². The number of nitrogens with zero attached hydrogens (tertiary/aromatic N) is 1. The molecule has 1 aliphatic rings. The molecule has 1 atom stereocenters. The second-order valence-electron chi connectivity index (χ2n) is 9.12. The summed E-state index contributed by atoms with van der Waals surface area (Å²) in [6, 6.07) is 17.1. The highest BCUT2D eigenvalue weighted by atomic mass is 35.5. The number of anilines is 1. The van der Waals surface area contributed by atoms with Crippen molar-refractivity contribution in [3.8, 4) is 0 Å². The SMILES string of the molecule is CC(C)(C)[C@H]1CCc2c(sc(N=Cc3ccc(Cl)cc3)c2C(=O)Nc2ccccc2)C1. The molecule has 0 spiro atoms. The van der Waals surface area contributed by atoms with E-state index in [-0.39, 0.29) is 11.3 Å². The van der Waals surface area contributed by atoms with Gasteiger partial charge in [-0.15, -0.1) is 11.3 Å². The van der Waals surface area contributed by atoms with E-state index in [9.17, 15) is 4.79 Å². The van der Waals surface area contributed by atoms with Gasteiger partial charge in [0.05, 0.1) is 5.56 Å². The van der Waals surface area contributed by atoms with Gasteiger partial charge in [0.15, 0.2) is 0 Å². The van der Waals surface area contributed by atoms with Gasteiger partial charge < -0.3 is 5.32 Å². The number of carbonyl (C=O) groups excluding carboxylic acids is 1. The number of thiophene rings is 1. The summed E-state index contributed by atoms with van der Waals surface area (Å²) in [5.74, 6) is 0.526. The summed E-state index contributed by atoms with van der Waals surface area (Å²) in [5, 5.41) is 4.53. The Balaban J connectivity index is 1.69. The van der Waals surface area contributed by atoms with Crippen molar-refractivity contribution in [2.75, 3.05) is 5.32 Å². The lowest BCUT2D eigenvalue weighted by Crippen LogP contribution is -2.27. The van der Waals surface area contributed by atoms with Gasteiger partial charge in [0.2, 0.25) is 0 Å². The number of fused-ring (bicyclic) bond motifs is 1. The van der Waals surface area contributed by atoms with Crippen molar-refractivity contribution < 1.29 is 4.79 Å². The van der Waals surface area contributed by atoms with Gasteiger partial charge in [-0.25, -0.2) is 4.99 Å². The van der Waals surface area contributed by atoms with Gasteiger partial charge in [0.1, 0.15) is 5.00 Å². The maximum atomic E-state index is 13.3. The first-order chi connectivity index (χ1) is 14.8. The normalized spacial score (nSPS) is 16.3. The molecule has 0 fully saturated rings. The van der Waals surface area contributed by atoms with Gasteiger partial charge >= 0.3 is 0 Å². The minimum absolute atomic E-state index is 0.0823. The predicted molar refractivity (Wildman–Crippen MR) is 132 cm³/mol. The molecule has 0 radical (unpaired) electrons. The van der Waals surface area contributed by atoms with Crippen molar-refractivity contribution in [1.29, 1.82) is 0 Å². The Morgan fingerprint density at radius 2 is 1.84 bits per heavy atom. The van der Waals surface area contributed by atoms with Gasteiger partial charge in [0, 0.05) is 21.8 Å². The van der Waals surface area contributed by atoms with E-state index < -0.39 is 0 Å². The summed E-state index contributed by atoms with van der Waals surface area (Å²) >= 11 is 7.65. The van der Waals surface area contributed by atoms with Crippen LogP contribution in [0.2, 0.25) is 5.02 Å². The van der Waals surface area contributed by atoms with Crippen LogP contribution in [0.15, 0.2) is 59.6 Å². The lowest BCUT2D eigenvalue weighted by Gasteiger charge is -2.33. The fourth-order valence-corrected chi connectivity index (χ4v) is 5.43. The van der Waals surface area contributed by atoms with E-state index in [0.29, 0.717) is 10.9 Å². The minimum atomic E-state index is -0.0823. The highest BCUT2D eigenvalue weighted by Gasteiger charge is 2.33. The Kier molecular flexibility index (Phi) is 6.31. The van der Waals surface area contributed by atoms with Crippen LogP contribution in [-0.2, 0) is 12.8 Å². The molecule has 3 nitrogen and oxygen atoms in total. The molecule has 1 aromatic heterocycles. The predicted octanol–water partition coefficient (Wildman–Crippen LogP) is 7.56. The largest absolute Gasteiger partial charge is 0.322 e. The molecule has 31 heavy (non-hydrogen) atoms. The number of rotatable bonds is 4. The first-order valence-corrected chi connectivity index (χ1v) is 11.8. The number of halogens is 1. The minimum Gasteiger partial charge on any atom is -0.322 e. The number of benzene rings is 2. The Morgan fingerprint density at radius 3 is 2.52 bits per heavy atom. The molecule has 1 aliphatic carbocycles. The first-order valence-electron chi connectivity index (χ1n) is 10.6. The molecule has 1 heterocycles. The summed E-state index contributed by atoms with van der Waals surface area (Å²) in [5.41, 5.74) is 3.89. The number of aliphatic imine (C=N–C) groups is 1. The van der Waals surface area contributed by atoms with Gasteiger partial charge in [-0.2, -0.15) is 0 Å². The molecule has 2 aromatic carbocycles. The Bertz CT molecular complexity index is 1090. The quantitative estimate of drug-likeness (QED) is 0.409. The summed E-state index contributed by atoms with van der Waals surface area (Å²) in [6.45, 7) is 6.91. The van der Waals surface area contributed by atoms with E-state index in [2.05, 4.69) is 26.1 Å². The van der Waals surface area contributed by atoms with E-state index in [1.165, 1.54) is 10.4 Å². The average molecular weight is 451 g/mol. The van der Waals surface area contributed by atoms with Crippen molar-refractivity contribution in [3.05, 3.63) is 81.2 Å². The van der Waals surface area contributed by atoms with Crippen molar-refractivity contribution in [1.82, 2.24) is 0 Å². The summed E-state index contributed by atoms with van der Waals surface area (Å²) in [6.07, 6.45) is 4.83. The van der Waals surface area contributed by atoms with E-state index in [1.54, 1.807) is 11.3 Å². The molecule has 160 valence electrons. The molecular weight excluding hydrogens is 424 g/mol. The molecule has 0 unspecified atom stereocenters. The van der Waals surface area contributed by atoms with Crippen molar-refractivity contribution in [2.45, 2.75) is 40.0 Å². The number of nitrogens with one attached hydrogen (secondary N) is 1. The molecule has 0 aliphatic heterocycles. The standard InChI is InChI=1S/C26H27ClN2OS/c1-26(2,3)18-11-14-21-22(15-18)31-25(28-16-17-9-12-19(27)13-10-17)23(21)24(30)29-20-7-5-4-6-8-20/h4-10,12-13,16,18H,11,14-15H2,1-3H3,(H,29,30)/t18-/m0/s1. The fourth-order valence-electron chi connectivity index (χ4n) is 4.03. The number of amides is 1. The first kappa shape index (κ1) is 21.8. The zero-order valence-electron chi connectivity index (χ0n) is 18.1. The van der Waals surface area contributed by atoms with E-state index >= 15 is 0 Å². The van der Waals surface area contributed by atoms with Gasteiger partial charge in [-0.3, -0.25) is 4.79 Å². The monoisotopic (exact) mass is 450 g/mol. The van der Waals surface area contributed by atoms with Crippen molar-refractivity contribution >= 4 is 45.7 Å². The van der Waals surface area contributed by atoms with Crippen molar-refractivity contribution in [3.63, 3.8) is 0 Å². The van der Waals surface area contributed by atoms with Gasteiger partial charge in [-0.1, -0.05) is 62.7 Å². The smallest absolute Gasteiger partial charge is 0.259 e. The van der Waals surface area contributed by atoms with Crippen LogP contribution < -0.4 is 5.32 Å². The van der Waals surface area contributed by atoms with Gasteiger partial charge in [0.25, 0.3) is 5.91 Å².